The quantitative estimate of drug-likeness (QED) is 0.0960. The summed E-state index contributed by atoms with van der Waals surface area (Å²) in [5.41, 5.74) is 16.5. The standard InChI is InChI=1S/C21H39N7O5S/c1-12(2)16(22)19(31)28-10-5-7-15(28)18(30)26-13(8-11-34-3)17(29)27-14(20(32)33)6-4-9-25-21(23)24/h12-16H,4-11,22H2,1-3H3,(H,26,30)(H,27,29)(H,32,33)(H4,23,24,25). The third-order valence-corrected chi connectivity index (χ3v) is 6.29. The molecule has 0 aromatic rings. The minimum absolute atomic E-state index is 0.0724. The van der Waals surface area contributed by atoms with E-state index in [0.29, 0.717) is 38.0 Å². The number of amides is 3. The van der Waals surface area contributed by atoms with E-state index in [4.69, 9.17) is 17.2 Å². The number of aliphatic imine (C=N–C) groups is 1. The lowest BCUT2D eigenvalue weighted by molar-refractivity contribution is -0.143. The van der Waals surface area contributed by atoms with E-state index in [1.165, 1.54) is 16.7 Å². The number of carbonyl (C=O) groups excluding carboxylic acids is 3. The van der Waals surface area contributed by atoms with Crippen LogP contribution in [-0.4, -0.2) is 88.9 Å². The number of hydrogen-bond donors (Lipinski definition) is 6. The summed E-state index contributed by atoms with van der Waals surface area (Å²) < 4.78 is 0. The molecule has 0 aromatic heterocycles. The average molecular weight is 502 g/mol. The first-order chi connectivity index (χ1) is 16.0. The highest BCUT2D eigenvalue weighted by Gasteiger charge is 2.38. The molecule has 0 aliphatic carbocycles. The zero-order valence-electron chi connectivity index (χ0n) is 20.2. The third-order valence-electron chi connectivity index (χ3n) is 5.65. The van der Waals surface area contributed by atoms with Crippen LogP contribution in [0.3, 0.4) is 0 Å². The first-order valence-electron chi connectivity index (χ1n) is 11.4. The molecule has 0 bridgehead atoms. The van der Waals surface area contributed by atoms with Crippen LogP contribution in [0.5, 0.6) is 0 Å². The maximum Gasteiger partial charge on any atom is 0.326 e. The van der Waals surface area contributed by atoms with E-state index in [2.05, 4.69) is 15.6 Å². The van der Waals surface area contributed by atoms with Gasteiger partial charge < -0.3 is 37.8 Å². The Labute approximate surface area is 204 Å². The Bertz CT molecular complexity index is 745. The highest BCUT2D eigenvalue weighted by Crippen LogP contribution is 2.20. The van der Waals surface area contributed by atoms with Crippen LogP contribution in [0.4, 0.5) is 0 Å². The van der Waals surface area contributed by atoms with E-state index in [0.717, 1.165) is 0 Å². The summed E-state index contributed by atoms with van der Waals surface area (Å²) in [5, 5.41) is 14.7. The monoisotopic (exact) mass is 501 g/mol. The zero-order chi connectivity index (χ0) is 25.8. The van der Waals surface area contributed by atoms with Crippen LogP contribution in [-0.2, 0) is 19.2 Å². The number of nitrogens with one attached hydrogen (secondary N) is 2. The van der Waals surface area contributed by atoms with Gasteiger partial charge in [-0.05, 0) is 50.0 Å². The number of hydrogen-bond acceptors (Lipinski definition) is 7. The second-order valence-corrected chi connectivity index (χ2v) is 9.64. The van der Waals surface area contributed by atoms with Crippen LogP contribution in [0.15, 0.2) is 4.99 Å². The summed E-state index contributed by atoms with van der Waals surface area (Å²) in [7, 11) is 0. The number of carbonyl (C=O) groups is 4. The Kier molecular flexibility index (Phi) is 12.7. The van der Waals surface area contributed by atoms with Crippen LogP contribution in [0.1, 0.15) is 46.0 Å². The molecule has 4 unspecified atom stereocenters. The molecule has 1 rings (SSSR count). The van der Waals surface area contributed by atoms with Gasteiger partial charge in [0, 0.05) is 13.1 Å². The molecule has 0 saturated carbocycles. The van der Waals surface area contributed by atoms with Crippen LogP contribution >= 0.6 is 11.8 Å². The molecule has 4 atom stereocenters. The number of rotatable bonds is 14. The predicted molar refractivity (Wildman–Crippen MR) is 132 cm³/mol. The van der Waals surface area contributed by atoms with Gasteiger partial charge in [-0.25, -0.2) is 4.79 Å². The second kappa shape index (κ2) is 14.7. The molecule has 1 aliphatic heterocycles. The number of guanidine groups is 1. The van der Waals surface area contributed by atoms with Crippen molar-refractivity contribution in [3.63, 3.8) is 0 Å². The SMILES string of the molecule is CSCCC(NC(=O)C1CCCN1C(=O)C(N)C(C)C)C(=O)NC(CCCN=C(N)N)C(=O)O. The zero-order valence-corrected chi connectivity index (χ0v) is 21.0. The molecular weight excluding hydrogens is 462 g/mol. The lowest BCUT2D eigenvalue weighted by atomic mass is 10.0. The topological polar surface area (TPSA) is 206 Å². The lowest BCUT2D eigenvalue weighted by Crippen LogP contribution is -2.57. The van der Waals surface area contributed by atoms with Gasteiger partial charge in [0.1, 0.15) is 18.1 Å². The van der Waals surface area contributed by atoms with Gasteiger partial charge in [0.05, 0.1) is 6.04 Å². The fraction of sp³-hybridized carbons (Fsp3) is 0.762. The van der Waals surface area contributed by atoms with Crippen molar-refractivity contribution in [1.29, 1.82) is 0 Å². The molecule has 1 aliphatic rings. The molecule has 1 fully saturated rings. The smallest absolute Gasteiger partial charge is 0.326 e. The number of aliphatic carboxylic acids is 1. The van der Waals surface area contributed by atoms with Crippen molar-refractivity contribution in [3.8, 4) is 0 Å². The normalized spacial score (nSPS) is 18.1. The third kappa shape index (κ3) is 9.37. The van der Waals surface area contributed by atoms with Gasteiger partial charge in [0.15, 0.2) is 5.96 Å². The van der Waals surface area contributed by atoms with E-state index < -0.39 is 42.0 Å². The van der Waals surface area contributed by atoms with Gasteiger partial charge in [-0.1, -0.05) is 13.8 Å². The summed E-state index contributed by atoms with van der Waals surface area (Å²) in [4.78, 5) is 55.6. The highest BCUT2D eigenvalue weighted by molar-refractivity contribution is 7.98. The molecule has 3 amide bonds. The Morgan fingerprint density at radius 3 is 2.38 bits per heavy atom. The molecule has 194 valence electrons. The van der Waals surface area contributed by atoms with Crippen molar-refractivity contribution in [2.24, 2.45) is 28.1 Å². The Morgan fingerprint density at radius 1 is 1.15 bits per heavy atom. The molecule has 0 spiro atoms. The van der Waals surface area contributed by atoms with Crippen LogP contribution in [0.2, 0.25) is 0 Å². The van der Waals surface area contributed by atoms with Crippen molar-refractivity contribution in [3.05, 3.63) is 0 Å². The largest absolute Gasteiger partial charge is 0.480 e. The highest BCUT2D eigenvalue weighted by atomic mass is 32.2. The van der Waals surface area contributed by atoms with Gasteiger partial charge in [-0.15, -0.1) is 0 Å². The van der Waals surface area contributed by atoms with Gasteiger partial charge in [0.2, 0.25) is 17.7 Å². The Morgan fingerprint density at radius 2 is 1.82 bits per heavy atom. The number of carboxylic acid groups (broad SMARTS) is 1. The maximum atomic E-state index is 13.0. The molecule has 9 N–H and O–H groups in total. The molecule has 1 heterocycles. The summed E-state index contributed by atoms with van der Waals surface area (Å²) in [6.45, 7) is 4.34. The van der Waals surface area contributed by atoms with E-state index in [9.17, 15) is 24.3 Å². The number of thioether (sulfide) groups is 1. The summed E-state index contributed by atoms with van der Waals surface area (Å²) >= 11 is 1.50. The fourth-order valence-corrected chi connectivity index (χ4v) is 4.06. The number of nitrogens with two attached hydrogens (primary N) is 3. The van der Waals surface area contributed by atoms with Crippen molar-refractivity contribution < 1.29 is 24.3 Å². The Hall–Kier alpha value is -2.54. The van der Waals surface area contributed by atoms with Crippen molar-refractivity contribution >= 4 is 41.4 Å². The van der Waals surface area contributed by atoms with Crippen molar-refractivity contribution in [2.75, 3.05) is 25.1 Å². The number of nitrogens with zero attached hydrogens (tertiary/aromatic N) is 2. The fourth-order valence-electron chi connectivity index (χ4n) is 3.59. The molecular formula is C21H39N7O5S. The van der Waals surface area contributed by atoms with Crippen LogP contribution in [0, 0.1) is 5.92 Å². The minimum atomic E-state index is -1.19. The van der Waals surface area contributed by atoms with E-state index in [1.807, 2.05) is 20.1 Å². The summed E-state index contributed by atoms with van der Waals surface area (Å²) in [6, 6.07) is -3.50. The summed E-state index contributed by atoms with van der Waals surface area (Å²) in [5.74, 6) is -2.10. The van der Waals surface area contributed by atoms with E-state index >= 15 is 0 Å². The first-order valence-corrected chi connectivity index (χ1v) is 12.8. The first kappa shape index (κ1) is 29.5. The maximum absolute atomic E-state index is 13.0. The molecule has 0 aromatic carbocycles. The summed E-state index contributed by atoms with van der Waals surface area (Å²) in [6.07, 6.45) is 3.79. The second-order valence-electron chi connectivity index (χ2n) is 8.65. The van der Waals surface area contributed by atoms with Crippen molar-refractivity contribution in [2.45, 2.75) is 70.1 Å². The van der Waals surface area contributed by atoms with Crippen LogP contribution in [0.25, 0.3) is 0 Å². The van der Waals surface area contributed by atoms with E-state index in [1.54, 1.807) is 0 Å². The average Bonchev–Trinajstić information content (AvgIpc) is 3.26. The van der Waals surface area contributed by atoms with Crippen molar-refractivity contribution in [1.82, 2.24) is 15.5 Å². The predicted octanol–water partition coefficient (Wildman–Crippen LogP) is -1.18. The Balaban J connectivity index is 2.85. The van der Waals surface area contributed by atoms with Gasteiger partial charge in [0.25, 0.3) is 0 Å². The molecule has 34 heavy (non-hydrogen) atoms. The van der Waals surface area contributed by atoms with Gasteiger partial charge in [-0.2, -0.15) is 11.8 Å². The minimum Gasteiger partial charge on any atom is -0.480 e. The number of likely N-dealkylation sites (tertiary alicyclic amines) is 1. The van der Waals surface area contributed by atoms with E-state index in [-0.39, 0.29) is 30.8 Å². The lowest BCUT2D eigenvalue weighted by Gasteiger charge is -2.29. The van der Waals surface area contributed by atoms with Gasteiger partial charge >= 0.3 is 5.97 Å². The molecule has 13 heteroatoms. The molecule has 0 radical (unpaired) electrons. The van der Waals surface area contributed by atoms with Gasteiger partial charge in [-0.3, -0.25) is 19.4 Å². The molecule has 12 nitrogen and oxygen atoms in total. The molecule has 1 saturated heterocycles. The number of carboxylic acids is 1. The van der Waals surface area contributed by atoms with Crippen LogP contribution < -0.4 is 27.8 Å².